The van der Waals surface area contributed by atoms with Crippen molar-refractivity contribution in [2.24, 2.45) is 0 Å². The highest BCUT2D eigenvalue weighted by Gasteiger charge is 2.29. The van der Waals surface area contributed by atoms with Crippen LogP contribution in [0.1, 0.15) is 62.9 Å². The number of rotatable bonds is 7. The first-order valence-electron chi connectivity index (χ1n) is 7.61. The van der Waals surface area contributed by atoms with E-state index in [1.165, 1.54) is 43.5 Å². The van der Waals surface area contributed by atoms with E-state index in [0.717, 1.165) is 13.0 Å². The first kappa shape index (κ1) is 14.9. The number of aromatic nitrogens is 1. The molecule has 0 bridgehead atoms. The topological polar surface area (TPSA) is 37.0 Å². The van der Waals surface area contributed by atoms with Crippen LogP contribution in [0.5, 0.6) is 0 Å². The molecule has 1 fully saturated rings. The molecule has 1 atom stereocenters. The van der Waals surface area contributed by atoms with Gasteiger partial charge >= 0.3 is 0 Å². The molecule has 0 spiro atoms. The Balaban J connectivity index is 1.81. The van der Waals surface area contributed by atoms with Gasteiger partial charge < -0.3 is 10.6 Å². The van der Waals surface area contributed by atoms with Crippen molar-refractivity contribution < 1.29 is 0 Å². The fraction of sp³-hybridized carbons (Fsp3) is 0.800. The van der Waals surface area contributed by atoms with Crippen molar-refractivity contribution in [3.8, 4) is 0 Å². The van der Waals surface area contributed by atoms with E-state index >= 15 is 0 Å². The summed E-state index contributed by atoms with van der Waals surface area (Å²) in [4.78, 5) is 4.43. The molecule has 2 rings (SSSR count). The Labute approximate surface area is 121 Å². The molecule has 1 aromatic rings. The smallest absolute Gasteiger partial charge is 0.109 e. The zero-order valence-corrected chi connectivity index (χ0v) is 13.1. The zero-order valence-electron chi connectivity index (χ0n) is 12.2. The predicted octanol–water partition coefficient (Wildman–Crippen LogP) is 3.50. The second kappa shape index (κ2) is 7.36. The lowest BCUT2D eigenvalue weighted by Gasteiger charge is -2.37. The molecule has 108 valence electrons. The van der Waals surface area contributed by atoms with Crippen LogP contribution in [0, 0.1) is 0 Å². The third kappa shape index (κ3) is 4.01. The minimum Gasteiger partial charge on any atom is -0.314 e. The lowest BCUT2D eigenvalue weighted by atomic mass is 9.79. The van der Waals surface area contributed by atoms with E-state index in [1.54, 1.807) is 11.3 Å². The van der Waals surface area contributed by atoms with E-state index in [-0.39, 0.29) is 0 Å². The third-order valence-electron chi connectivity index (χ3n) is 4.49. The van der Waals surface area contributed by atoms with Crippen molar-refractivity contribution in [3.63, 3.8) is 0 Å². The highest BCUT2D eigenvalue weighted by Crippen LogP contribution is 2.30. The van der Waals surface area contributed by atoms with Crippen LogP contribution in [-0.2, 0) is 0 Å². The minimum absolute atomic E-state index is 0.381. The van der Waals surface area contributed by atoms with Crippen molar-refractivity contribution in [2.75, 3.05) is 13.6 Å². The normalized spacial score (nSPS) is 20.3. The molecule has 0 aliphatic heterocycles. The van der Waals surface area contributed by atoms with Crippen LogP contribution in [0.15, 0.2) is 11.6 Å². The Morgan fingerprint density at radius 2 is 2.16 bits per heavy atom. The monoisotopic (exact) mass is 281 g/mol. The van der Waals surface area contributed by atoms with Crippen molar-refractivity contribution in [1.29, 1.82) is 0 Å². The summed E-state index contributed by atoms with van der Waals surface area (Å²) < 4.78 is 0. The number of nitrogens with one attached hydrogen (secondary N) is 2. The van der Waals surface area contributed by atoms with Crippen LogP contribution in [-0.4, -0.2) is 24.1 Å². The Kier molecular flexibility index (Phi) is 5.79. The summed E-state index contributed by atoms with van der Waals surface area (Å²) in [6.45, 7) is 3.31. The van der Waals surface area contributed by atoms with Gasteiger partial charge in [-0.05, 0) is 39.3 Å². The molecular weight excluding hydrogens is 254 g/mol. The summed E-state index contributed by atoms with van der Waals surface area (Å²) in [7, 11) is 2.13. The number of hydrogen-bond acceptors (Lipinski definition) is 4. The fourth-order valence-corrected chi connectivity index (χ4v) is 3.95. The molecule has 1 aliphatic carbocycles. The van der Waals surface area contributed by atoms with Crippen molar-refractivity contribution in [3.05, 3.63) is 16.6 Å². The van der Waals surface area contributed by atoms with Gasteiger partial charge in [-0.2, -0.15) is 0 Å². The fourth-order valence-electron chi connectivity index (χ4n) is 3.15. The van der Waals surface area contributed by atoms with Crippen molar-refractivity contribution in [1.82, 2.24) is 15.6 Å². The van der Waals surface area contributed by atoms with Crippen molar-refractivity contribution >= 4 is 11.3 Å². The molecule has 3 nitrogen and oxygen atoms in total. The number of thiazole rings is 1. The SMILES string of the molecule is CCC(NCCC1(NC)CCCCC1)c1nccs1. The van der Waals surface area contributed by atoms with Gasteiger partial charge in [-0.15, -0.1) is 11.3 Å². The van der Waals surface area contributed by atoms with Crippen LogP contribution >= 0.6 is 11.3 Å². The van der Waals surface area contributed by atoms with Gasteiger partial charge in [-0.25, -0.2) is 4.98 Å². The summed E-state index contributed by atoms with van der Waals surface area (Å²) in [5, 5.41) is 10.6. The first-order chi connectivity index (χ1) is 9.29. The Hall–Kier alpha value is -0.450. The minimum atomic E-state index is 0.381. The van der Waals surface area contributed by atoms with Crippen LogP contribution in [0.4, 0.5) is 0 Å². The molecule has 1 heterocycles. The van der Waals surface area contributed by atoms with E-state index in [1.807, 2.05) is 6.20 Å². The van der Waals surface area contributed by atoms with E-state index in [4.69, 9.17) is 0 Å². The molecule has 0 saturated heterocycles. The Morgan fingerprint density at radius 3 is 2.74 bits per heavy atom. The second-order valence-corrected chi connectivity index (χ2v) is 6.55. The second-order valence-electron chi connectivity index (χ2n) is 5.63. The Bertz CT molecular complexity index is 344. The maximum atomic E-state index is 4.43. The van der Waals surface area contributed by atoms with Crippen LogP contribution in [0.2, 0.25) is 0 Å². The zero-order chi connectivity index (χ0) is 13.6. The molecule has 1 aromatic heterocycles. The van der Waals surface area contributed by atoms with E-state index in [0.29, 0.717) is 11.6 Å². The Morgan fingerprint density at radius 1 is 1.37 bits per heavy atom. The maximum absolute atomic E-state index is 4.43. The van der Waals surface area contributed by atoms with Crippen LogP contribution in [0.25, 0.3) is 0 Å². The van der Waals surface area contributed by atoms with E-state index in [9.17, 15) is 0 Å². The van der Waals surface area contributed by atoms with Gasteiger partial charge in [0, 0.05) is 17.1 Å². The maximum Gasteiger partial charge on any atom is 0.109 e. The van der Waals surface area contributed by atoms with E-state index in [2.05, 4.69) is 35.0 Å². The lowest BCUT2D eigenvalue weighted by molar-refractivity contribution is 0.225. The van der Waals surface area contributed by atoms with Crippen molar-refractivity contribution in [2.45, 2.75) is 63.5 Å². The summed E-state index contributed by atoms with van der Waals surface area (Å²) in [5.74, 6) is 0. The van der Waals surface area contributed by atoms with Gasteiger partial charge in [-0.3, -0.25) is 0 Å². The lowest BCUT2D eigenvalue weighted by Crippen LogP contribution is -2.46. The van der Waals surface area contributed by atoms with Gasteiger partial charge in [-0.1, -0.05) is 26.2 Å². The van der Waals surface area contributed by atoms with Crippen LogP contribution < -0.4 is 10.6 Å². The van der Waals surface area contributed by atoms with Crippen LogP contribution in [0.3, 0.4) is 0 Å². The highest BCUT2D eigenvalue weighted by molar-refractivity contribution is 7.09. The average Bonchev–Trinajstić information content (AvgIpc) is 2.99. The number of nitrogens with zero attached hydrogens (tertiary/aromatic N) is 1. The molecule has 1 unspecified atom stereocenters. The predicted molar refractivity (Wildman–Crippen MR) is 82.6 cm³/mol. The molecule has 1 aliphatic rings. The average molecular weight is 281 g/mol. The molecule has 2 N–H and O–H groups in total. The molecule has 1 saturated carbocycles. The first-order valence-corrected chi connectivity index (χ1v) is 8.49. The summed E-state index contributed by atoms with van der Waals surface area (Å²) >= 11 is 1.76. The standard InChI is InChI=1S/C15H27N3S/c1-3-13(14-18-11-12-19-14)17-10-9-15(16-2)7-5-4-6-8-15/h11-13,16-17H,3-10H2,1-2H3. The number of hydrogen-bond donors (Lipinski definition) is 2. The van der Waals surface area contributed by atoms with Gasteiger partial charge in [0.1, 0.15) is 5.01 Å². The molecule has 19 heavy (non-hydrogen) atoms. The van der Waals surface area contributed by atoms with E-state index < -0.39 is 0 Å². The summed E-state index contributed by atoms with van der Waals surface area (Å²) in [6, 6.07) is 0.428. The largest absolute Gasteiger partial charge is 0.314 e. The van der Waals surface area contributed by atoms with Gasteiger partial charge in [0.25, 0.3) is 0 Å². The van der Waals surface area contributed by atoms with Gasteiger partial charge in [0.15, 0.2) is 0 Å². The highest BCUT2D eigenvalue weighted by atomic mass is 32.1. The molecular formula is C15H27N3S. The summed E-state index contributed by atoms with van der Waals surface area (Å²) in [6.07, 6.45) is 11.1. The molecule has 0 radical (unpaired) electrons. The van der Waals surface area contributed by atoms with Gasteiger partial charge in [0.2, 0.25) is 0 Å². The van der Waals surface area contributed by atoms with Gasteiger partial charge in [0.05, 0.1) is 6.04 Å². The molecule has 0 amide bonds. The summed E-state index contributed by atoms with van der Waals surface area (Å²) in [5.41, 5.74) is 0.381. The molecule has 0 aromatic carbocycles. The third-order valence-corrected chi connectivity index (χ3v) is 5.38. The quantitative estimate of drug-likeness (QED) is 0.803. The molecule has 4 heteroatoms.